The van der Waals surface area contributed by atoms with Crippen LogP contribution in [-0.2, 0) is 4.79 Å². The van der Waals surface area contributed by atoms with E-state index in [9.17, 15) is 4.79 Å². The maximum Gasteiger partial charge on any atom is 0.148 e. The van der Waals surface area contributed by atoms with E-state index in [2.05, 4.69) is 16.7 Å². The number of Topliss-reactive ketones (excluding diaryl/α,β-unsaturated/α-hetero) is 1. The molecule has 2 aliphatic heterocycles. The first-order chi connectivity index (χ1) is 7.28. The van der Waals surface area contributed by atoms with E-state index in [1.54, 1.807) is 0 Å². The molecular formula is C12H22N2O. The summed E-state index contributed by atoms with van der Waals surface area (Å²) in [5.41, 5.74) is 0. The molecule has 0 aromatic rings. The summed E-state index contributed by atoms with van der Waals surface area (Å²) in [5.74, 6) is 1.26. The third kappa shape index (κ3) is 3.02. The summed E-state index contributed by atoms with van der Waals surface area (Å²) in [6.45, 7) is 8.81. The fourth-order valence-electron chi connectivity index (χ4n) is 2.70. The van der Waals surface area contributed by atoms with Crippen molar-refractivity contribution in [2.24, 2.45) is 5.92 Å². The summed E-state index contributed by atoms with van der Waals surface area (Å²) in [5, 5.41) is 0. The van der Waals surface area contributed by atoms with Gasteiger partial charge < -0.3 is 4.90 Å². The van der Waals surface area contributed by atoms with Gasteiger partial charge >= 0.3 is 0 Å². The SMILES string of the molecule is CCN1CCC(CN2CCC(=O)C2)CC1. The molecule has 2 aliphatic rings. The van der Waals surface area contributed by atoms with Crippen molar-refractivity contribution in [1.82, 2.24) is 9.80 Å². The van der Waals surface area contributed by atoms with Gasteiger partial charge in [-0.15, -0.1) is 0 Å². The Balaban J connectivity index is 1.70. The van der Waals surface area contributed by atoms with Crippen molar-refractivity contribution >= 4 is 5.78 Å². The standard InChI is InChI=1S/C12H22N2O/c1-2-13-6-3-11(4-7-13)9-14-8-5-12(15)10-14/h11H,2-10H2,1H3. The van der Waals surface area contributed by atoms with E-state index in [4.69, 9.17) is 0 Å². The molecule has 0 saturated carbocycles. The van der Waals surface area contributed by atoms with Gasteiger partial charge in [0.15, 0.2) is 0 Å². The highest BCUT2D eigenvalue weighted by Crippen LogP contribution is 2.19. The molecule has 0 bridgehead atoms. The highest BCUT2D eigenvalue weighted by molar-refractivity contribution is 5.82. The number of rotatable bonds is 3. The van der Waals surface area contributed by atoms with Crippen LogP contribution in [0.25, 0.3) is 0 Å². The van der Waals surface area contributed by atoms with Crippen LogP contribution in [0.4, 0.5) is 0 Å². The lowest BCUT2D eigenvalue weighted by Gasteiger charge is -2.32. The Labute approximate surface area is 92.4 Å². The maximum absolute atomic E-state index is 11.1. The Morgan fingerprint density at radius 1 is 1.20 bits per heavy atom. The summed E-state index contributed by atoms with van der Waals surface area (Å²) in [4.78, 5) is 16.0. The van der Waals surface area contributed by atoms with Gasteiger partial charge in [0.25, 0.3) is 0 Å². The molecule has 0 amide bonds. The molecule has 3 heteroatoms. The number of carbonyl (C=O) groups excluding carboxylic acids is 1. The predicted molar refractivity (Wildman–Crippen MR) is 60.9 cm³/mol. The molecule has 15 heavy (non-hydrogen) atoms. The van der Waals surface area contributed by atoms with Crippen LogP contribution in [0.2, 0.25) is 0 Å². The van der Waals surface area contributed by atoms with E-state index in [1.807, 2.05) is 0 Å². The molecule has 0 aliphatic carbocycles. The smallest absolute Gasteiger partial charge is 0.148 e. The lowest BCUT2D eigenvalue weighted by Crippen LogP contribution is -2.38. The van der Waals surface area contributed by atoms with Gasteiger partial charge in [0.2, 0.25) is 0 Å². The molecule has 0 unspecified atom stereocenters. The number of likely N-dealkylation sites (tertiary alicyclic amines) is 2. The number of carbonyl (C=O) groups is 1. The van der Waals surface area contributed by atoms with Crippen molar-refractivity contribution in [1.29, 1.82) is 0 Å². The zero-order valence-electron chi connectivity index (χ0n) is 9.74. The van der Waals surface area contributed by atoms with E-state index >= 15 is 0 Å². The van der Waals surface area contributed by atoms with Crippen LogP contribution < -0.4 is 0 Å². The summed E-state index contributed by atoms with van der Waals surface area (Å²) in [6.07, 6.45) is 3.42. The first-order valence-electron chi connectivity index (χ1n) is 6.24. The highest BCUT2D eigenvalue weighted by Gasteiger charge is 2.24. The van der Waals surface area contributed by atoms with Gasteiger partial charge in [-0.3, -0.25) is 9.69 Å². The molecule has 0 atom stereocenters. The number of hydrogen-bond acceptors (Lipinski definition) is 3. The fraction of sp³-hybridized carbons (Fsp3) is 0.917. The Morgan fingerprint density at radius 3 is 2.47 bits per heavy atom. The van der Waals surface area contributed by atoms with Crippen molar-refractivity contribution in [2.45, 2.75) is 26.2 Å². The van der Waals surface area contributed by atoms with Crippen molar-refractivity contribution in [2.75, 3.05) is 39.3 Å². The summed E-state index contributed by atoms with van der Waals surface area (Å²) < 4.78 is 0. The van der Waals surface area contributed by atoms with E-state index in [0.717, 1.165) is 25.4 Å². The van der Waals surface area contributed by atoms with Gasteiger partial charge in [-0.05, 0) is 38.4 Å². The van der Waals surface area contributed by atoms with Crippen LogP contribution in [0.5, 0.6) is 0 Å². The van der Waals surface area contributed by atoms with E-state index in [-0.39, 0.29) is 0 Å². The van der Waals surface area contributed by atoms with Crippen molar-refractivity contribution in [3.05, 3.63) is 0 Å². The van der Waals surface area contributed by atoms with Gasteiger partial charge in [-0.25, -0.2) is 0 Å². The van der Waals surface area contributed by atoms with Crippen molar-refractivity contribution < 1.29 is 4.79 Å². The molecule has 2 heterocycles. The quantitative estimate of drug-likeness (QED) is 0.694. The third-order valence-electron chi connectivity index (χ3n) is 3.78. The van der Waals surface area contributed by atoms with E-state index in [0.29, 0.717) is 12.3 Å². The first-order valence-corrected chi connectivity index (χ1v) is 6.24. The number of hydrogen-bond donors (Lipinski definition) is 0. The molecule has 0 spiro atoms. The minimum absolute atomic E-state index is 0.431. The normalized spacial score (nSPS) is 26.3. The van der Waals surface area contributed by atoms with Crippen molar-refractivity contribution in [3.63, 3.8) is 0 Å². The number of nitrogens with zero attached hydrogens (tertiary/aromatic N) is 2. The van der Waals surface area contributed by atoms with Gasteiger partial charge in [0.05, 0.1) is 6.54 Å². The van der Waals surface area contributed by atoms with Crippen LogP contribution in [0.1, 0.15) is 26.2 Å². The molecular weight excluding hydrogens is 188 g/mol. The average molecular weight is 210 g/mol. The zero-order chi connectivity index (χ0) is 10.7. The van der Waals surface area contributed by atoms with Gasteiger partial charge in [-0.1, -0.05) is 6.92 Å². The average Bonchev–Trinajstić information content (AvgIpc) is 2.65. The van der Waals surface area contributed by atoms with Gasteiger partial charge in [-0.2, -0.15) is 0 Å². The second-order valence-corrected chi connectivity index (χ2v) is 4.90. The van der Waals surface area contributed by atoms with Crippen LogP contribution in [0.15, 0.2) is 0 Å². The summed E-state index contributed by atoms with van der Waals surface area (Å²) >= 11 is 0. The summed E-state index contributed by atoms with van der Waals surface area (Å²) in [7, 11) is 0. The lowest BCUT2D eigenvalue weighted by molar-refractivity contribution is -0.116. The molecule has 3 nitrogen and oxygen atoms in total. The number of ketones is 1. The first kappa shape index (κ1) is 11.1. The minimum Gasteiger partial charge on any atom is -0.304 e. The van der Waals surface area contributed by atoms with Gasteiger partial charge in [0.1, 0.15) is 5.78 Å². The monoisotopic (exact) mass is 210 g/mol. The highest BCUT2D eigenvalue weighted by atomic mass is 16.1. The molecule has 2 rings (SSSR count). The lowest BCUT2D eigenvalue weighted by atomic mass is 9.96. The minimum atomic E-state index is 0.431. The second-order valence-electron chi connectivity index (χ2n) is 4.90. The van der Waals surface area contributed by atoms with Crippen LogP contribution in [0.3, 0.4) is 0 Å². The van der Waals surface area contributed by atoms with Gasteiger partial charge in [0, 0.05) is 19.5 Å². The van der Waals surface area contributed by atoms with Crippen LogP contribution >= 0.6 is 0 Å². The fourth-order valence-corrected chi connectivity index (χ4v) is 2.70. The maximum atomic E-state index is 11.1. The predicted octanol–water partition coefficient (Wildman–Crippen LogP) is 0.993. The number of piperidine rings is 1. The molecule has 0 N–H and O–H groups in total. The third-order valence-corrected chi connectivity index (χ3v) is 3.78. The Hall–Kier alpha value is -0.410. The molecule has 0 aromatic heterocycles. The summed E-state index contributed by atoms with van der Waals surface area (Å²) in [6, 6.07) is 0. The van der Waals surface area contributed by atoms with E-state index in [1.165, 1.54) is 32.5 Å². The molecule has 2 fully saturated rings. The Kier molecular flexibility index (Phi) is 3.76. The largest absolute Gasteiger partial charge is 0.304 e. The zero-order valence-corrected chi connectivity index (χ0v) is 9.74. The Morgan fingerprint density at radius 2 is 1.93 bits per heavy atom. The molecule has 2 saturated heterocycles. The molecule has 0 aromatic carbocycles. The second kappa shape index (κ2) is 5.08. The van der Waals surface area contributed by atoms with Crippen LogP contribution in [0, 0.1) is 5.92 Å². The topological polar surface area (TPSA) is 23.6 Å². The van der Waals surface area contributed by atoms with E-state index < -0.39 is 0 Å². The van der Waals surface area contributed by atoms with Crippen LogP contribution in [-0.4, -0.2) is 54.9 Å². The molecule has 86 valence electrons. The van der Waals surface area contributed by atoms with Crippen molar-refractivity contribution in [3.8, 4) is 0 Å². The molecule has 0 radical (unpaired) electrons. The Bertz CT molecular complexity index is 222.